The third kappa shape index (κ3) is 1.16. The van der Waals surface area contributed by atoms with Crippen molar-refractivity contribution in [3.05, 3.63) is 0 Å². The molecule has 1 rings (SSSR count). The van der Waals surface area contributed by atoms with Crippen LogP contribution in [-0.2, 0) is 9.59 Å². The summed E-state index contributed by atoms with van der Waals surface area (Å²) in [6.07, 6.45) is 0.606. The Balaban J connectivity index is 3.40. The van der Waals surface area contributed by atoms with E-state index >= 15 is 0 Å². The lowest BCUT2D eigenvalue weighted by atomic mass is 9.58. The van der Waals surface area contributed by atoms with E-state index in [1.54, 1.807) is 0 Å². The maximum atomic E-state index is 11.7. The Morgan fingerprint density at radius 2 is 1.50 bits per heavy atom. The molecule has 0 aliphatic heterocycles. The van der Waals surface area contributed by atoms with E-state index in [0.29, 0.717) is 6.42 Å². The zero-order valence-electron chi connectivity index (χ0n) is 10.8. The SMILES string of the molecule is CC1CC(C)(C(N)=O)C(C)(C)C1(C)C(N)=O. The smallest absolute Gasteiger partial charge is 0.224 e. The molecule has 0 aromatic heterocycles. The Morgan fingerprint density at radius 3 is 1.69 bits per heavy atom. The zero-order valence-corrected chi connectivity index (χ0v) is 10.8. The van der Waals surface area contributed by atoms with Crippen molar-refractivity contribution in [2.45, 2.75) is 41.0 Å². The highest BCUT2D eigenvalue weighted by Gasteiger charge is 2.66. The molecular formula is C12H22N2O2. The van der Waals surface area contributed by atoms with Crippen molar-refractivity contribution in [1.29, 1.82) is 0 Å². The Morgan fingerprint density at radius 1 is 1.06 bits per heavy atom. The van der Waals surface area contributed by atoms with Gasteiger partial charge in [-0.1, -0.05) is 27.7 Å². The second kappa shape index (κ2) is 3.22. The van der Waals surface area contributed by atoms with Crippen molar-refractivity contribution in [3.63, 3.8) is 0 Å². The summed E-state index contributed by atoms with van der Waals surface area (Å²) < 4.78 is 0. The van der Waals surface area contributed by atoms with E-state index in [0.717, 1.165) is 0 Å². The predicted molar refractivity (Wildman–Crippen MR) is 62.2 cm³/mol. The third-order valence-electron chi connectivity index (χ3n) is 5.43. The van der Waals surface area contributed by atoms with Crippen LogP contribution in [0.4, 0.5) is 0 Å². The van der Waals surface area contributed by atoms with Gasteiger partial charge in [0, 0.05) is 0 Å². The number of carbonyl (C=O) groups is 2. The van der Waals surface area contributed by atoms with Crippen LogP contribution in [0.25, 0.3) is 0 Å². The molecule has 0 radical (unpaired) electrons. The lowest BCUT2D eigenvalue weighted by Gasteiger charge is -2.44. The molecule has 4 nitrogen and oxygen atoms in total. The number of hydrogen-bond acceptors (Lipinski definition) is 2. The standard InChI is InChI=1S/C12H22N2O2/c1-7-6-11(4,8(13)15)10(2,3)12(7,5)9(14)16/h7H,6H2,1-5H3,(H2,13,15)(H2,14,16). The van der Waals surface area contributed by atoms with Gasteiger partial charge in [0.1, 0.15) is 0 Å². The van der Waals surface area contributed by atoms with Crippen LogP contribution in [0.15, 0.2) is 0 Å². The maximum absolute atomic E-state index is 11.7. The van der Waals surface area contributed by atoms with Crippen molar-refractivity contribution in [1.82, 2.24) is 0 Å². The minimum Gasteiger partial charge on any atom is -0.369 e. The van der Waals surface area contributed by atoms with Gasteiger partial charge in [0.05, 0.1) is 10.8 Å². The molecule has 1 aliphatic rings. The highest BCUT2D eigenvalue weighted by molar-refractivity contribution is 5.88. The van der Waals surface area contributed by atoms with Crippen LogP contribution in [0.1, 0.15) is 41.0 Å². The first-order valence-corrected chi connectivity index (χ1v) is 5.61. The lowest BCUT2D eigenvalue weighted by molar-refractivity contribution is -0.142. The number of amides is 2. The molecule has 4 heteroatoms. The molecule has 2 amide bonds. The molecule has 92 valence electrons. The highest BCUT2D eigenvalue weighted by atomic mass is 16.2. The van der Waals surface area contributed by atoms with Gasteiger partial charge in [-0.3, -0.25) is 9.59 Å². The third-order valence-corrected chi connectivity index (χ3v) is 5.43. The summed E-state index contributed by atoms with van der Waals surface area (Å²) in [7, 11) is 0. The molecule has 16 heavy (non-hydrogen) atoms. The van der Waals surface area contributed by atoms with Gasteiger partial charge in [-0.05, 0) is 24.7 Å². The van der Waals surface area contributed by atoms with Crippen molar-refractivity contribution < 1.29 is 9.59 Å². The Hall–Kier alpha value is -1.06. The van der Waals surface area contributed by atoms with E-state index in [9.17, 15) is 9.59 Å². The van der Waals surface area contributed by atoms with Crippen LogP contribution in [0.3, 0.4) is 0 Å². The quantitative estimate of drug-likeness (QED) is 0.737. The fourth-order valence-corrected chi connectivity index (χ4v) is 3.22. The summed E-state index contributed by atoms with van der Waals surface area (Å²) in [6.45, 7) is 9.45. The summed E-state index contributed by atoms with van der Waals surface area (Å²) in [5.41, 5.74) is 9.12. The first-order valence-electron chi connectivity index (χ1n) is 5.61. The molecule has 3 atom stereocenters. The lowest BCUT2D eigenvalue weighted by Crippen LogP contribution is -2.53. The number of hydrogen-bond donors (Lipinski definition) is 2. The monoisotopic (exact) mass is 226 g/mol. The predicted octanol–water partition coefficient (Wildman–Crippen LogP) is 1.04. The van der Waals surface area contributed by atoms with E-state index in [1.807, 2.05) is 34.6 Å². The minimum atomic E-state index is -0.698. The fourth-order valence-electron chi connectivity index (χ4n) is 3.22. The maximum Gasteiger partial charge on any atom is 0.224 e. The van der Waals surface area contributed by atoms with Gasteiger partial charge in [-0.2, -0.15) is 0 Å². The summed E-state index contributed by atoms with van der Waals surface area (Å²) in [4.78, 5) is 23.4. The Bertz CT molecular complexity index is 351. The van der Waals surface area contributed by atoms with Gasteiger partial charge in [-0.15, -0.1) is 0 Å². The molecule has 0 aromatic rings. The number of carbonyl (C=O) groups excluding carboxylic acids is 2. The van der Waals surface area contributed by atoms with E-state index < -0.39 is 16.2 Å². The molecule has 4 N–H and O–H groups in total. The van der Waals surface area contributed by atoms with Crippen molar-refractivity contribution in [2.75, 3.05) is 0 Å². The van der Waals surface area contributed by atoms with Crippen molar-refractivity contribution >= 4 is 11.8 Å². The Labute approximate surface area is 96.8 Å². The molecule has 0 spiro atoms. The summed E-state index contributed by atoms with van der Waals surface area (Å²) >= 11 is 0. The van der Waals surface area contributed by atoms with Crippen LogP contribution >= 0.6 is 0 Å². The fraction of sp³-hybridized carbons (Fsp3) is 0.833. The second-order valence-electron chi connectivity index (χ2n) is 5.99. The first kappa shape index (κ1) is 13.0. The number of nitrogens with two attached hydrogens (primary N) is 2. The average molecular weight is 226 g/mol. The number of rotatable bonds is 2. The van der Waals surface area contributed by atoms with Crippen LogP contribution in [0.5, 0.6) is 0 Å². The van der Waals surface area contributed by atoms with Crippen molar-refractivity contribution in [2.24, 2.45) is 33.6 Å². The molecule has 1 fully saturated rings. The molecule has 0 saturated heterocycles. The Kier molecular flexibility index (Phi) is 2.61. The second-order valence-corrected chi connectivity index (χ2v) is 5.99. The van der Waals surface area contributed by atoms with Crippen LogP contribution in [0, 0.1) is 22.2 Å². The highest BCUT2D eigenvalue weighted by Crippen LogP contribution is 2.64. The van der Waals surface area contributed by atoms with Gasteiger partial charge >= 0.3 is 0 Å². The van der Waals surface area contributed by atoms with Gasteiger partial charge in [0.2, 0.25) is 11.8 Å². The zero-order chi connectivity index (χ0) is 12.9. The molecule has 3 unspecified atom stereocenters. The van der Waals surface area contributed by atoms with E-state index in [4.69, 9.17) is 11.5 Å². The van der Waals surface area contributed by atoms with E-state index in [2.05, 4.69) is 0 Å². The van der Waals surface area contributed by atoms with Gasteiger partial charge in [-0.25, -0.2) is 0 Å². The minimum absolute atomic E-state index is 0.0532. The molecule has 0 heterocycles. The van der Waals surface area contributed by atoms with Crippen molar-refractivity contribution in [3.8, 4) is 0 Å². The largest absolute Gasteiger partial charge is 0.369 e. The van der Waals surface area contributed by atoms with E-state index in [-0.39, 0.29) is 17.7 Å². The normalized spacial score (nSPS) is 41.9. The van der Waals surface area contributed by atoms with Gasteiger partial charge in [0.15, 0.2) is 0 Å². The number of primary amides is 2. The van der Waals surface area contributed by atoms with Gasteiger partial charge < -0.3 is 11.5 Å². The molecule has 0 aromatic carbocycles. The van der Waals surface area contributed by atoms with E-state index in [1.165, 1.54) is 0 Å². The van der Waals surface area contributed by atoms with Crippen LogP contribution in [-0.4, -0.2) is 11.8 Å². The molecule has 0 bridgehead atoms. The molecule has 1 saturated carbocycles. The average Bonchev–Trinajstić information content (AvgIpc) is 2.26. The molecular weight excluding hydrogens is 204 g/mol. The summed E-state index contributed by atoms with van der Waals surface area (Å²) in [6, 6.07) is 0. The van der Waals surface area contributed by atoms with Gasteiger partial charge in [0.25, 0.3) is 0 Å². The topological polar surface area (TPSA) is 86.2 Å². The summed E-state index contributed by atoms with van der Waals surface area (Å²) in [5, 5.41) is 0. The van der Waals surface area contributed by atoms with Crippen LogP contribution in [0.2, 0.25) is 0 Å². The van der Waals surface area contributed by atoms with Crippen LogP contribution < -0.4 is 11.5 Å². The first-order chi connectivity index (χ1) is 7.01. The molecule has 1 aliphatic carbocycles. The summed E-state index contributed by atoms with van der Waals surface area (Å²) in [5.74, 6) is -0.651.